The maximum atomic E-state index is 13.1. The molecule has 3 heterocycles. The molecular weight excluding hydrogens is 374 g/mol. The third-order valence-electron chi connectivity index (χ3n) is 7.52. The number of ether oxygens (including phenoxy) is 1. The van der Waals surface area contributed by atoms with Crippen LogP contribution in [0.15, 0.2) is 30.3 Å². The Balaban J connectivity index is 1.21. The summed E-state index contributed by atoms with van der Waals surface area (Å²) < 4.78 is 5.46. The van der Waals surface area contributed by atoms with Gasteiger partial charge < -0.3 is 14.5 Å². The maximum absolute atomic E-state index is 13.1. The van der Waals surface area contributed by atoms with E-state index in [0.29, 0.717) is 18.1 Å². The minimum Gasteiger partial charge on any atom is -0.381 e. The minimum atomic E-state index is 0.203. The predicted octanol–water partition coefficient (Wildman–Crippen LogP) is 3.04. The highest BCUT2D eigenvalue weighted by atomic mass is 16.5. The Morgan fingerprint density at radius 3 is 2.40 bits per heavy atom. The first-order chi connectivity index (χ1) is 14.7. The third kappa shape index (κ3) is 5.63. The van der Waals surface area contributed by atoms with Gasteiger partial charge in [-0.05, 0) is 70.1 Å². The lowest BCUT2D eigenvalue weighted by molar-refractivity contribution is -0.140. The second kappa shape index (κ2) is 10.7. The number of piperidine rings is 3. The Kier molecular flexibility index (Phi) is 7.80. The minimum absolute atomic E-state index is 0.203. The van der Waals surface area contributed by atoms with Gasteiger partial charge in [-0.25, -0.2) is 0 Å². The summed E-state index contributed by atoms with van der Waals surface area (Å²) in [6.45, 7) is 7.42. The summed E-state index contributed by atoms with van der Waals surface area (Å²) >= 11 is 0. The number of hydrogen-bond donors (Lipinski definition) is 0. The molecular formula is C25H39N3O2. The van der Waals surface area contributed by atoms with Crippen LogP contribution < -0.4 is 0 Å². The molecule has 0 aromatic heterocycles. The van der Waals surface area contributed by atoms with Gasteiger partial charge in [0.05, 0.1) is 12.0 Å². The summed E-state index contributed by atoms with van der Waals surface area (Å²) in [5.41, 5.74) is 1.44. The average Bonchev–Trinajstić information content (AvgIpc) is 2.83. The Labute approximate surface area is 182 Å². The largest absolute Gasteiger partial charge is 0.381 e. The molecule has 5 nitrogen and oxygen atoms in total. The van der Waals surface area contributed by atoms with Crippen molar-refractivity contribution in [2.75, 3.05) is 52.9 Å². The summed E-state index contributed by atoms with van der Waals surface area (Å²) in [5.74, 6) is 0.600. The van der Waals surface area contributed by atoms with E-state index in [-0.39, 0.29) is 5.92 Å². The van der Waals surface area contributed by atoms with Crippen LogP contribution >= 0.6 is 0 Å². The van der Waals surface area contributed by atoms with E-state index in [4.69, 9.17) is 4.74 Å². The van der Waals surface area contributed by atoms with Crippen LogP contribution in [0.1, 0.15) is 44.1 Å². The van der Waals surface area contributed by atoms with Gasteiger partial charge >= 0.3 is 0 Å². The molecule has 0 spiro atoms. The molecule has 3 saturated heterocycles. The molecule has 1 unspecified atom stereocenters. The van der Waals surface area contributed by atoms with Gasteiger partial charge in [0.2, 0.25) is 5.91 Å². The molecule has 0 bridgehead atoms. The van der Waals surface area contributed by atoms with E-state index in [0.717, 1.165) is 51.9 Å². The Morgan fingerprint density at radius 2 is 1.70 bits per heavy atom. The first-order valence-electron chi connectivity index (χ1n) is 12.0. The molecule has 30 heavy (non-hydrogen) atoms. The molecule has 0 N–H and O–H groups in total. The average molecular weight is 414 g/mol. The number of nitrogens with zero attached hydrogens (tertiary/aromatic N) is 3. The monoisotopic (exact) mass is 413 g/mol. The number of carbonyl (C=O) groups excluding carboxylic acids is 1. The van der Waals surface area contributed by atoms with E-state index in [1.807, 2.05) is 0 Å². The lowest BCUT2D eigenvalue weighted by Crippen LogP contribution is -2.52. The molecule has 0 aliphatic carbocycles. The summed E-state index contributed by atoms with van der Waals surface area (Å²) in [5, 5.41) is 0. The Bertz CT molecular complexity index is 652. The molecule has 1 aromatic rings. The standard InChI is InChI=1S/C25H39N3O2/c1-30-24-12-18-27(19-13-24)25(29)22-8-5-14-28(20-22)23-10-16-26(17-11-23)15-9-21-6-3-2-4-7-21/h2-4,6-7,22-24H,5,8-20H2,1H3. The van der Waals surface area contributed by atoms with Crippen molar-refractivity contribution in [1.82, 2.24) is 14.7 Å². The lowest BCUT2D eigenvalue weighted by Gasteiger charge is -2.43. The quantitative estimate of drug-likeness (QED) is 0.718. The molecule has 0 radical (unpaired) electrons. The van der Waals surface area contributed by atoms with Crippen molar-refractivity contribution >= 4 is 5.91 Å². The van der Waals surface area contributed by atoms with Crippen molar-refractivity contribution < 1.29 is 9.53 Å². The van der Waals surface area contributed by atoms with Crippen LogP contribution in [0.4, 0.5) is 0 Å². The van der Waals surface area contributed by atoms with Crippen LogP contribution in [0, 0.1) is 5.92 Å². The fourth-order valence-electron chi connectivity index (χ4n) is 5.55. The number of amides is 1. The molecule has 1 amide bonds. The second-order valence-corrected chi connectivity index (χ2v) is 9.40. The molecule has 0 saturated carbocycles. The van der Waals surface area contributed by atoms with Crippen molar-refractivity contribution in [2.45, 2.75) is 57.1 Å². The fourth-order valence-corrected chi connectivity index (χ4v) is 5.55. The van der Waals surface area contributed by atoms with Crippen molar-refractivity contribution in [3.63, 3.8) is 0 Å². The van der Waals surface area contributed by atoms with E-state index in [1.54, 1.807) is 7.11 Å². The highest BCUT2D eigenvalue weighted by Gasteiger charge is 2.34. The Hall–Kier alpha value is -1.43. The number of benzene rings is 1. The van der Waals surface area contributed by atoms with Crippen molar-refractivity contribution in [2.24, 2.45) is 5.92 Å². The number of methoxy groups -OCH3 is 1. The number of likely N-dealkylation sites (tertiary alicyclic amines) is 3. The van der Waals surface area contributed by atoms with Gasteiger partial charge in [-0.15, -0.1) is 0 Å². The molecule has 166 valence electrons. The van der Waals surface area contributed by atoms with Crippen LogP contribution in [-0.4, -0.2) is 85.7 Å². The summed E-state index contributed by atoms with van der Waals surface area (Å²) in [4.78, 5) is 20.5. The molecule has 3 aliphatic heterocycles. The van der Waals surface area contributed by atoms with E-state index in [9.17, 15) is 4.79 Å². The number of hydrogen-bond acceptors (Lipinski definition) is 4. The van der Waals surface area contributed by atoms with Gasteiger partial charge in [-0.2, -0.15) is 0 Å². The molecule has 5 heteroatoms. The van der Waals surface area contributed by atoms with Gasteiger partial charge in [-0.3, -0.25) is 9.69 Å². The molecule has 4 rings (SSSR count). The topological polar surface area (TPSA) is 36.0 Å². The van der Waals surface area contributed by atoms with Gasteiger partial charge in [0, 0.05) is 39.3 Å². The van der Waals surface area contributed by atoms with Gasteiger partial charge in [0.25, 0.3) is 0 Å². The van der Waals surface area contributed by atoms with Crippen LogP contribution in [0.2, 0.25) is 0 Å². The molecule has 3 fully saturated rings. The number of rotatable bonds is 6. The van der Waals surface area contributed by atoms with E-state index >= 15 is 0 Å². The summed E-state index contributed by atoms with van der Waals surface area (Å²) in [6, 6.07) is 11.5. The second-order valence-electron chi connectivity index (χ2n) is 9.40. The first-order valence-corrected chi connectivity index (χ1v) is 12.0. The zero-order valence-electron chi connectivity index (χ0n) is 18.7. The summed E-state index contributed by atoms with van der Waals surface area (Å²) in [7, 11) is 1.79. The predicted molar refractivity (Wildman–Crippen MR) is 121 cm³/mol. The van der Waals surface area contributed by atoms with Gasteiger partial charge in [0.1, 0.15) is 0 Å². The zero-order valence-corrected chi connectivity index (χ0v) is 18.7. The summed E-state index contributed by atoms with van der Waals surface area (Å²) in [6.07, 6.45) is 8.17. The van der Waals surface area contributed by atoms with Gasteiger partial charge in [-0.1, -0.05) is 30.3 Å². The SMILES string of the molecule is COC1CCN(C(=O)C2CCCN(C3CCN(CCc4ccccc4)CC3)C2)CC1. The lowest BCUT2D eigenvalue weighted by atomic mass is 9.92. The van der Waals surface area contributed by atoms with Crippen molar-refractivity contribution in [1.29, 1.82) is 0 Å². The maximum Gasteiger partial charge on any atom is 0.226 e. The molecule has 1 aromatic carbocycles. The first kappa shape index (κ1) is 21.8. The van der Waals surface area contributed by atoms with Crippen molar-refractivity contribution in [3.8, 4) is 0 Å². The molecule has 3 aliphatic rings. The Morgan fingerprint density at radius 1 is 0.967 bits per heavy atom. The van der Waals surface area contributed by atoms with Gasteiger partial charge in [0.15, 0.2) is 0 Å². The van der Waals surface area contributed by atoms with E-state index in [2.05, 4.69) is 45.0 Å². The normalized spacial score (nSPS) is 25.5. The van der Waals surface area contributed by atoms with E-state index in [1.165, 1.54) is 44.5 Å². The van der Waals surface area contributed by atoms with Crippen molar-refractivity contribution in [3.05, 3.63) is 35.9 Å². The smallest absolute Gasteiger partial charge is 0.226 e. The van der Waals surface area contributed by atoms with Crippen LogP contribution in [0.25, 0.3) is 0 Å². The van der Waals surface area contributed by atoms with Crippen LogP contribution in [-0.2, 0) is 16.0 Å². The number of carbonyl (C=O) groups is 1. The molecule has 1 atom stereocenters. The zero-order chi connectivity index (χ0) is 20.8. The van der Waals surface area contributed by atoms with Crippen LogP contribution in [0.5, 0.6) is 0 Å². The van der Waals surface area contributed by atoms with E-state index < -0.39 is 0 Å². The fraction of sp³-hybridized carbons (Fsp3) is 0.720. The third-order valence-corrected chi connectivity index (χ3v) is 7.52. The van der Waals surface area contributed by atoms with Crippen LogP contribution in [0.3, 0.4) is 0 Å². The highest BCUT2D eigenvalue weighted by molar-refractivity contribution is 5.79. The highest BCUT2D eigenvalue weighted by Crippen LogP contribution is 2.26.